The molecule has 0 spiro atoms. The van der Waals surface area contributed by atoms with E-state index >= 15 is 0 Å². The fourth-order valence-corrected chi connectivity index (χ4v) is 5.04. The third-order valence-electron chi connectivity index (χ3n) is 8.35. The number of aliphatic carboxylic acids is 2. The number of carboxylic acids is 2. The van der Waals surface area contributed by atoms with Crippen LogP contribution in [0.4, 0.5) is 0 Å². The second-order valence-corrected chi connectivity index (χ2v) is 15.4. The van der Waals surface area contributed by atoms with Crippen molar-refractivity contribution < 1.29 is 53.1 Å². The number of hydrogen-bond donors (Lipinski definition) is 2. The fraction of sp³-hybridized carbons (Fsp3) is 0.809. The van der Waals surface area contributed by atoms with Crippen molar-refractivity contribution in [3.63, 3.8) is 0 Å². The summed E-state index contributed by atoms with van der Waals surface area (Å²) in [5.41, 5.74) is 0.352. The molecule has 0 radical (unpaired) electrons. The van der Waals surface area contributed by atoms with E-state index < -0.39 is 11.9 Å². The van der Waals surface area contributed by atoms with Gasteiger partial charge >= 0.3 is 35.7 Å². The molecule has 0 bridgehead atoms. The van der Waals surface area contributed by atoms with E-state index in [9.17, 15) is 19.2 Å². The Morgan fingerprint density at radius 2 is 0.618 bits per heavy atom. The molecule has 0 rings (SSSR count). The predicted molar refractivity (Wildman–Crippen MR) is 232 cm³/mol. The molecule has 0 aliphatic rings. The van der Waals surface area contributed by atoms with Crippen LogP contribution in [0.15, 0.2) is 24.3 Å². The Bertz CT molecular complexity index is 723. The first-order valence-electron chi connectivity index (χ1n) is 21.7. The number of carbonyl (C=O) groups is 2. The van der Waals surface area contributed by atoms with Gasteiger partial charge in [0, 0.05) is 11.1 Å². The van der Waals surface area contributed by atoms with E-state index in [1.54, 1.807) is 0 Å². The van der Waals surface area contributed by atoms with Crippen molar-refractivity contribution in [3.8, 4) is 0 Å². The molecule has 0 amide bonds. The van der Waals surface area contributed by atoms with Crippen molar-refractivity contribution in [2.45, 2.75) is 235 Å². The fourth-order valence-electron chi connectivity index (χ4n) is 5.04. The second kappa shape index (κ2) is 61.5. The number of carbonyl (C=O) groups excluding carboxylic acids is 2. The molecular formula is C47H89O7Ti-3. The van der Waals surface area contributed by atoms with Crippen molar-refractivity contribution in [2.24, 2.45) is 11.8 Å². The van der Waals surface area contributed by atoms with Crippen molar-refractivity contribution in [3.05, 3.63) is 30.7 Å². The Balaban J connectivity index is -0.000000155. The van der Waals surface area contributed by atoms with Crippen molar-refractivity contribution in [1.29, 1.82) is 0 Å². The molecule has 0 heterocycles. The molecule has 0 aliphatic carbocycles. The molecular weight excluding hydrogens is 724 g/mol. The third kappa shape index (κ3) is 90.2. The van der Waals surface area contributed by atoms with Gasteiger partial charge in [-0.15, -0.1) is 0 Å². The molecule has 0 saturated carbocycles. The Hall–Kier alpha value is -1.73. The van der Waals surface area contributed by atoms with Crippen LogP contribution < -0.4 is 0 Å². The molecule has 7 nitrogen and oxygen atoms in total. The average Bonchev–Trinajstić information content (AvgIpc) is 3.13. The monoisotopic (exact) mass is 814 g/mol. The van der Waals surface area contributed by atoms with Gasteiger partial charge < -0.3 is 26.2 Å². The molecule has 0 atom stereocenters. The molecule has 0 aromatic heterocycles. The van der Waals surface area contributed by atoms with E-state index in [4.69, 9.17) is 13.5 Å². The predicted octanol–water partition coefficient (Wildman–Crippen LogP) is 14.8. The van der Waals surface area contributed by atoms with Crippen LogP contribution in [0.3, 0.4) is 0 Å². The maximum atomic E-state index is 10.0. The topological polar surface area (TPSA) is 126 Å². The van der Waals surface area contributed by atoms with Gasteiger partial charge in [0.15, 0.2) is 0 Å². The van der Waals surface area contributed by atoms with Crippen LogP contribution in [0, 0.1) is 18.3 Å². The summed E-state index contributed by atoms with van der Waals surface area (Å²) < 4.78 is 8.25. The molecule has 0 saturated heterocycles. The Morgan fingerprint density at radius 1 is 0.473 bits per heavy atom. The van der Waals surface area contributed by atoms with E-state index in [0.717, 1.165) is 45.1 Å². The van der Waals surface area contributed by atoms with Crippen LogP contribution in [0.25, 0.3) is 0 Å². The zero-order chi connectivity index (χ0) is 43.4. The molecule has 55 heavy (non-hydrogen) atoms. The third-order valence-corrected chi connectivity index (χ3v) is 8.35. The summed E-state index contributed by atoms with van der Waals surface area (Å²) in [6.45, 7) is 22.5. The molecule has 8 heteroatoms. The van der Waals surface area contributed by atoms with E-state index in [1.165, 1.54) is 168 Å². The summed E-state index contributed by atoms with van der Waals surface area (Å²) in [7, 11) is 0. The summed E-state index contributed by atoms with van der Waals surface area (Å²) in [5.74, 6) is -0.112. The minimum absolute atomic E-state index is 0.176. The molecule has 2 N–H and O–H groups in total. The standard InChI is InChI=1S/2C18H35O.2C4H6O2.C3H7.O.Ti/c2*1-18(2)16-14-12-10-8-6-4-3-5-7-9-11-13-15-17-19;2*1-3(2)4(5)6;1-3-2;;/h2*18H,3-16H2,1-2H3;2*1H2,2H3,(H,5,6);3H,1-2H3;;/q2*-1;;;-1;;. The van der Waals surface area contributed by atoms with Crippen LogP contribution in [0.1, 0.15) is 235 Å². The van der Waals surface area contributed by atoms with Crippen molar-refractivity contribution in [2.75, 3.05) is 0 Å². The van der Waals surface area contributed by atoms with Gasteiger partial charge in [-0.05, 0) is 25.7 Å². The van der Waals surface area contributed by atoms with E-state index in [0.29, 0.717) is 12.8 Å². The summed E-state index contributed by atoms with van der Waals surface area (Å²) in [4.78, 5) is 39.2. The zero-order valence-electron chi connectivity index (χ0n) is 37.4. The summed E-state index contributed by atoms with van der Waals surface area (Å²) in [5, 5.41) is 15.8. The quantitative estimate of drug-likeness (QED) is 0.0300. The van der Waals surface area contributed by atoms with Gasteiger partial charge in [0.25, 0.3) is 0 Å². The maximum absolute atomic E-state index is 10.0. The SMILES string of the molecule is C=C(C)C(=O)O.C=C(C)C(=O)O.CC(C)CCCCCCCCCCCCCC[C-]=O.CC(C)CCCCCCCCCCCCCC[C-]=O.C[CH-]C.[O]=[Ti]. The van der Waals surface area contributed by atoms with Gasteiger partial charge in [-0.1, -0.05) is 208 Å². The number of rotatable bonds is 32. The summed E-state index contributed by atoms with van der Waals surface area (Å²) in [6, 6.07) is 0. The van der Waals surface area contributed by atoms with Crippen LogP contribution in [-0.4, -0.2) is 34.7 Å². The summed E-state index contributed by atoms with van der Waals surface area (Å²) in [6.07, 6.45) is 42.6. The summed E-state index contributed by atoms with van der Waals surface area (Å²) >= 11 is 0.750. The van der Waals surface area contributed by atoms with Crippen LogP contribution >= 0.6 is 0 Å². The first kappa shape index (κ1) is 65.1. The van der Waals surface area contributed by atoms with Crippen LogP contribution in [0.5, 0.6) is 0 Å². The first-order valence-corrected chi connectivity index (χ1v) is 22.3. The normalized spacial score (nSPS) is 9.69. The minimum atomic E-state index is -0.935. The van der Waals surface area contributed by atoms with Gasteiger partial charge in [-0.2, -0.15) is 26.7 Å². The number of unbranched alkanes of at least 4 members (excludes halogenated alkanes) is 24. The Morgan fingerprint density at radius 3 is 0.745 bits per heavy atom. The number of hydrogen-bond acceptors (Lipinski definition) is 5. The average molecular weight is 814 g/mol. The molecule has 0 aliphatic heterocycles. The molecule has 0 unspecified atom stereocenters. The Kier molecular flexibility index (Phi) is 72.8. The van der Waals surface area contributed by atoms with Crippen LogP contribution in [0.2, 0.25) is 0 Å². The van der Waals surface area contributed by atoms with E-state index in [-0.39, 0.29) is 11.1 Å². The van der Waals surface area contributed by atoms with E-state index in [1.807, 2.05) is 32.8 Å². The Labute approximate surface area is 353 Å². The van der Waals surface area contributed by atoms with Gasteiger partial charge in [0.1, 0.15) is 0 Å². The molecule has 0 fully saturated rings. The van der Waals surface area contributed by atoms with Gasteiger partial charge in [-0.3, -0.25) is 12.6 Å². The zero-order valence-corrected chi connectivity index (χ0v) is 38.9. The van der Waals surface area contributed by atoms with Gasteiger partial charge in [0.2, 0.25) is 0 Å². The van der Waals surface area contributed by atoms with E-state index in [2.05, 4.69) is 40.9 Å². The van der Waals surface area contributed by atoms with Crippen molar-refractivity contribution in [1.82, 2.24) is 0 Å². The second-order valence-electron chi connectivity index (χ2n) is 15.4. The van der Waals surface area contributed by atoms with Gasteiger partial charge in [-0.25, -0.2) is 9.59 Å². The van der Waals surface area contributed by atoms with Gasteiger partial charge in [0.05, 0.1) is 0 Å². The molecule has 0 aromatic rings. The van der Waals surface area contributed by atoms with Crippen LogP contribution in [-0.2, 0) is 42.9 Å². The molecule has 326 valence electrons. The number of carboxylic acid groups (broad SMARTS) is 2. The van der Waals surface area contributed by atoms with Crippen molar-refractivity contribution >= 4 is 24.5 Å². The molecule has 0 aromatic carbocycles. The first-order chi connectivity index (χ1) is 26.2.